The van der Waals surface area contributed by atoms with Gasteiger partial charge in [-0.1, -0.05) is 17.7 Å². The molecule has 1 fully saturated rings. The summed E-state index contributed by atoms with van der Waals surface area (Å²) >= 11 is 7.41. The van der Waals surface area contributed by atoms with Gasteiger partial charge in [0.2, 0.25) is 5.16 Å². The van der Waals surface area contributed by atoms with Crippen molar-refractivity contribution in [1.29, 1.82) is 0 Å². The van der Waals surface area contributed by atoms with Crippen molar-refractivity contribution in [3.8, 4) is 0 Å². The van der Waals surface area contributed by atoms with E-state index >= 15 is 0 Å². The summed E-state index contributed by atoms with van der Waals surface area (Å²) in [6.07, 6.45) is 2.25. The lowest BCUT2D eigenvalue weighted by atomic mass is 10.2. The lowest BCUT2D eigenvalue weighted by molar-refractivity contribution is 0.279. The average Bonchev–Trinajstić information content (AvgIpc) is 3.11. The van der Waals surface area contributed by atoms with Crippen LogP contribution in [0.3, 0.4) is 0 Å². The number of hydrogen-bond donors (Lipinski definition) is 1. The van der Waals surface area contributed by atoms with Gasteiger partial charge in [-0.05, 0) is 52.7 Å². The van der Waals surface area contributed by atoms with Gasteiger partial charge in [-0.25, -0.2) is 4.68 Å². The Bertz CT molecular complexity index is 570. The Morgan fingerprint density at radius 2 is 2.28 bits per heavy atom. The smallest absolute Gasteiger partial charge is 0.214 e. The van der Waals surface area contributed by atoms with Gasteiger partial charge in [0.1, 0.15) is 0 Å². The lowest BCUT2D eigenvalue weighted by Crippen LogP contribution is -1.99. The fourth-order valence-electron chi connectivity index (χ4n) is 1.65. The molecule has 0 unspecified atom stereocenters. The fourth-order valence-corrected chi connectivity index (χ4v) is 2.89. The largest absolute Gasteiger partial charge is 0.392 e. The Labute approximate surface area is 113 Å². The second kappa shape index (κ2) is 4.87. The standard InChI is InChI=1S/C11H11ClN4OS/c12-8-2-1-7(6-17)10(5-8)18-11-13-14-15-16(11)9-3-4-9/h1-2,5,9,17H,3-4,6H2. The van der Waals surface area contributed by atoms with Gasteiger partial charge in [-0.15, -0.1) is 5.10 Å². The van der Waals surface area contributed by atoms with Crippen LogP contribution >= 0.6 is 23.4 Å². The summed E-state index contributed by atoms with van der Waals surface area (Å²) in [5, 5.41) is 22.4. The molecular formula is C11H11ClN4OS. The zero-order valence-corrected chi connectivity index (χ0v) is 11.0. The fraction of sp³-hybridized carbons (Fsp3) is 0.364. The van der Waals surface area contributed by atoms with Crippen LogP contribution in [0.4, 0.5) is 0 Å². The summed E-state index contributed by atoms with van der Waals surface area (Å²) < 4.78 is 1.84. The Morgan fingerprint density at radius 3 is 3.00 bits per heavy atom. The van der Waals surface area contributed by atoms with E-state index in [-0.39, 0.29) is 6.61 Å². The zero-order chi connectivity index (χ0) is 12.5. The highest BCUT2D eigenvalue weighted by atomic mass is 35.5. The minimum absolute atomic E-state index is 0.0233. The van der Waals surface area contributed by atoms with E-state index in [1.54, 1.807) is 6.07 Å². The molecule has 1 aliphatic rings. The first kappa shape index (κ1) is 12.0. The third-order valence-electron chi connectivity index (χ3n) is 2.76. The maximum atomic E-state index is 9.31. The van der Waals surface area contributed by atoms with Gasteiger partial charge in [-0.2, -0.15) is 0 Å². The van der Waals surface area contributed by atoms with Crippen LogP contribution in [0.15, 0.2) is 28.3 Å². The van der Waals surface area contributed by atoms with Gasteiger partial charge in [0.15, 0.2) is 0 Å². The number of hydrogen-bond acceptors (Lipinski definition) is 5. The average molecular weight is 283 g/mol. The Morgan fingerprint density at radius 1 is 1.44 bits per heavy atom. The number of tetrazole rings is 1. The van der Waals surface area contributed by atoms with Gasteiger partial charge in [-0.3, -0.25) is 0 Å². The summed E-state index contributed by atoms with van der Waals surface area (Å²) in [5.41, 5.74) is 0.828. The lowest BCUT2D eigenvalue weighted by Gasteiger charge is -2.07. The predicted molar refractivity (Wildman–Crippen MR) is 67.6 cm³/mol. The van der Waals surface area contributed by atoms with Crippen LogP contribution in [0.25, 0.3) is 0 Å². The van der Waals surface area contributed by atoms with Crippen molar-refractivity contribution < 1.29 is 5.11 Å². The Kier molecular flexibility index (Phi) is 3.23. The quantitative estimate of drug-likeness (QED) is 0.932. The molecule has 1 saturated carbocycles. The molecule has 1 N–H and O–H groups in total. The van der Waals surface area contributed by atoms with Crippen LogP contribution in [0.1, 0.15) is 24.4 Å². The van der Waals surface area contributed by atoms with Crippen LogP contribution in [0.2, 0.25) is 5.02 Å². The highest BCUT2D eigenvalue weighted by Crippen LogP contribution is 2.39. The highest BCUT2D eigenvalue weighted by molar-refractivity contribution is 7.99. The summed E-state index contributed by atoms with van der Waals surface area (Å²) in [5.74, 6) is 0. The third-order valence-corrected chi connectivity index (χ3v) is 4.04. The van der Waals surface area contributed by atoms with Crippen molar-refractivity contribution in [2.45, 2.75) is 35.5 Å². The summed E-state index contributed by atoms with van der Waals surface area (Å²) in [4.78, 5) is 0.890. The molecule has 1 heterocycles. The summed E-state index contributed by atoms with van der Waals surface area (Å²) in [7, 11) is 0. The van der Waals surface area contributed by atoms with Crippen molar-refractivity contribution in [2.75, 3.05) is 0 Å². The van der Waals surface area contributed by atoms with Crippen LogP contribution in [-0.4, -0.2) is 25.3 Å². The second-order valence-electron chi connectivity index (χ2n) is 4.15. The molecule has 0 bridgehead atoms. The molecule has 0 spiro atoms. The van der Waals surface area contributed by atoms with Gasteiger partial charge in [0.25, 0.3) is 0 Å². The number of halogens is 1. The zero-order valence-electron chi connectivity index (χ0n) is 9.45. The molecule has 0 saturated heterocycles. The van der Waals surface area contributed by atoms with Crippen LogP contribution in [0.5, 0.6) is 0 Å². The molecule has 0 aliphatic heterocycles. The van der Waals surface area contributed by atoms with Gasteiger partial charge in [0, 0.05) is 9.92 Å². The molecule has 18 heavy (non-hydrogen) atoms. The van der Waals surface area contributed by atoms with E-state index in [9.17, 15) is 5.11 Å². The number of nitrogens with zero attached hydrogens (tertiary/aromatic N) is 4. The number of aliphatic hydroxyl groups excluding tert-OH is 1. The van der Waals surface area contributed by atoms with Crippen LogP contribution < -0.4 is 0 Å². The maximum Gasteiger partial charge on any atom is 0.214 e. The second-order valence-corrected chi connectivity index (χ2v) is 5.59. The minimum atomic E-state index is -0.0233. The molecule has 1 aliphatic carbocycles. The summed E-state index contributed by atoms with van der Waals surface area (Å²) in [6.45, 7) is -0.0233. The normalized spacial score (nSPS) is 15.0. The Balaban J connectivity index is 1.91. The molecule has 1 aromatic heterocycles. The number of aliphatic hydroxyl groups is 1. The number of aromatic nitrogens is 4. The van der Waals surface area contributed by atoms with Crippen LogP contribution in [0, 0.1) is 0 Å². The maximum absolute atomic E-state index is 9.31. The van der Waals surface area contributed by atoms with Gasteiger partial charge in [0.05, 0.1) is 12.6 Å². The molecule has 0 radical (unpaired) electrons. The molecule has 0 amide bonds. The van der Waals surface area contributed by atoms with Crippen molar-refractivity contribution in [2.24, 2.45) is 0 Å². The van der Waals surface area contributed by atoms with Crippen molar-refractivity contribution >= 4 is 23.4 Å². The van der Waals surface area contributed by atoms with E-state index < -0.39 is 0 Å². The molecule has 5 nitrogen and oxygen atoms in total. The first-order valence-corrected chi connectivity index (χ1v) is 6.82. The summed E-state index contributed by atoms with van der Waals surface area (Å²) in [6, 6.07) is 5.83. The van der Waals surface area contributed by atoms with Crippen molar-refractivity contribution in [3.05, 3.63) is 28.8 Å². The van der Waals surface area contributed by atoms with Crippen molar-refractivity contribution in [3.63, 3.8) is 0 Å². The number of benzene rings is 1. The van der Waals surface area contributed by atoms with Gasteiger partial charge >= 0.3 is 0 Å². The third kappa shape index (κ3) is 2.36. The highest BCUT2D eigenvalue weighted by Gasteiger charge is 2.28. The first-order chi connectivity index (χ1) is 8.78. The monoisotopic (exact) mass is 282 g/mol. The van der Waals surface area contributed by atoms with Gasteiger partial charge < -0.3 is 5.11 Å². The molecule has 94 valence electrons. The van der Waals surface area contributed by atoms with E-state index in [0.717, 1.165) is 28.5 Å². The van der Waals surface area contributed by atoms with Crippen molar-refractivity contribution in [1.82, 2.24) is 20.2 Å². The molecule has 0 atom stereocenters. The number of rotatable bonds is 4. The van der Waals surface area contributed by atoms with E-state index in [0.29, 0.717) is 11.1 Å². The molecule has 3 rings (SSSR count). The SMILES string of the molecule is OCc1ccc(Cl)cc1Sc1nnnn1C1CC1. The van der Waals surface area contributed by atoms with E-state index in [4.69, 9.17) is 11.6 Å². The van der Waals surface area contributed by atoms with E-state index in [2.05, 4.69) is 15.5 Å². The molecule has 1 aromatic carbocycles. The predicted octanol–water partition coefficient (Wildman–Crippen LogP) is 2.30. The molecule has 7 heteroatoms. The van der Waals surface area contributed by atoms with E-state index in [1.165, 1.54) is 11.8 Å². The first-order valence-electron chi connectivity index (χ1n) is 5.63. The minimum Gasteiger partial charge on any atom is -0.392 e. The molecule has 2 aromatic rings. The Hall–Kier alpha value is -1.11. The topological polar surface area (TPSA) is 63.8 Å². The molecular weight excluding hydrogens is 272 g/mol. The van der Waals surface area contributed by atoms with Crippen LogP contribution in [-0.2, 0) is 6.61 Å². The van der Waals surface area contributed by atoms with E-state index in [1.807, 2.05) is 16.8 Å².